The van der Waals surface area contributed by atoms with Crippen LogP contribution in [-0.2, 0) is 16.1 Å². The van der Waals surface area contributed by atoms with Crippen LogP contribution in [0.25, 0.3) is 0 Å². The predicted molar refractivity (Wildman–Crippen MR) is 105 cm³/mol. The first-order valence-electron chi connectivity index (χ1n) is 10.4. The number of piperazine rings is 1. The van der Waals surface area contributed by atoms with Crippen LogP contribution in [0.5, 0.6) is 0 Å². The number of amides is 2. The van der Waals surface area contributed by atoms with Gasteiger partial charge in [0.25, 0.3) is 0 Å². The van der Waals surface area contributed by atoms with Crippen LogP contribution < -0.4 is 5.32 Å². The van der Waals surface area contributed by atoms with Crippen molar-refractivity contribution in [1.29, 1.82) is 0 Å². The molecule has 1 N–H and O–H groups in total. The number of carbonyl (C=O) groups excluding carboxylic acids is 2. The van der Waals surface area contributed by atoms with E-state index in [2.05, 4.69) is 15.2 Å². The summed E-state index contributed by atoms with van der Waals surface area (Å²) in [6, 6.07) is 0.0190. The van der Waals surface area contributed by atoms with Gasteiger partial charge in [0.2, 0.25) is 11.8 Å². The van der Waals surface area contributed by atoms with Gasteiger partial charge < -0.3 is 10.2 Å². The number of hydrogen-bond acceptors (Lipinski definition) is 5. The number of thiazole rings is 1. The van der Waals surface area contributed by atoms with Gasteiger partial charge >= 0.3 is 0 Å². The summed E-state index contributed by atoms with van der Waals surface area (Å²) in [6.45, 7) is 3.09. The fourth-order valence-corrected chi connectivity index (χ4v) is 5.08. The summed E-state index contributed by atoms with van der Waals surface area (Å²) in [5, 5.41) is 5.90. The average molecular weight is 391 g/mol. The number of hydrogen-bond donors (Lipinski definition) is 1. The Labute approximate surface area is 165 Å². The van der Waals surface area contributed by atoms with Crippen molar-refractivity contribution < 1.29 is 9.59 Å². The normalized spacial score (nSPS) is 24.6. The number of nitrogens with one attached hydrogen (secondary N) is 1. The summed E-state index contributed by atoms with van der Waals surface area (Å²) in [6.07, 6.45) is 10.7. The van der Waals surface area contributed by atoms with Gasteiger partial charge in [0.1, 0.15) is 5.01 Å². The molecule has 3 aliphatic rings. The Balaban J connectivity index is 1.40. The Kier molecular flexibility index (Phi) is 6.08. The fraction of sp³-hybridized carbons (Fsp3) is 0.750. The van der Waals surface area contributed by atoms with Crippen LogP contribution in [0.15, 0.2) is 11.6 Å². The summed E-state index contributed by atoms with van der Waals surface area (Å²) >= 11 is 1.59. The van der Waals surface area contributed by atoms with Gasteiger partial charge in [0.05, 0.1) is 19.0 Å². The zero-order valence-electron chi connectivity index (χ0n) is 15.9. The maximum Gasteiger partial charge on any atom is 0.237 e. The van der Waals surface area contributed by atoms with Crippen LogP contribution in [0.1, 0.15) is 56.4 Å². The number of nitrogens with zero attached hydrogens (tertiary/aromatic N) is 3. The molecule has 1 aliphatic heterocycles. The van der Waals surface area contributed by atoms with Gasteiger partial charge in [-0.25, -0.2) is 4.98 Å². The molecule has 0 spiro atoms. The van der Waals surface area contributed by atoms with E-state index in [9.17, 15) is 9.59 Å². The lowest BCUT2D eigenvalue weighted by molar-refractivity contribution is -0.140. The topological polar surface area (TPSA) is 65.5 Å². The molecule has 1 aromatic rings. The predicted octanol–water partition coefficient (Wildman–Crippen LogP) is 2.40. The first-order valence-corrected chi connectivity index (χ1v) is 11.3. The van der Waals surface area contributed by atoms with E-state index in [4.69, 9.17) is 0 Å². The Morgan fingerprint density at radius 1 is 1.26 bits per heavy atom. The second-order valence-electron chi connectivity index (χ2n) is 8.19. The smallest absolute Gasteiger partial charge is 0.237 e. The highest BCUT2D eigenvalue weighted by atomic mass is 32.1. The largest absolute Gasteiger partial charge is 0.353 e. The molecule has 2 amide bonds. The maximum atomic E-state index is 13.1. The van der Waals surface area contributed by atoms with Gasteiger partial charge in [0, 0.05) is 37.3 Å². The van der Waals surface area contributed by atoms with Crippen molar-refractivity contribution in [2.75, 3.05) is 19.6 Å². The van der Waals surface area contributed by atoms with E-state index in [0.29, 0.717) is 31.5 Å². The van der Waals surface area contributed by atoms with Crippen LogP contribution in [-0.4, -0.2) is 58.3 Å². The van der Waals surface area contributed by atoms with Crippen LogP contribution in [0, 0.1) is 5.92 Å². The molecule has 2 saturated carbocycles. The van der Waals surface area contributed by atoms with Crippen molar-refractivity contribution in [2.45, 2.75) is 70.0 Å². The number of rotatable bonds is 7. The SMILES string of the molecule is O=C1NCCN(CC2CCCCC2)[C@H]1CC(=O)N(Cc1nccs1)C1CC1. The zero-order valence-corrected chi connectivity index (χ0v) is 16.8. The highest BCUT2D eigenvalue weighted by Crippen LogP contribution is 2.30. The summed E-state index contributed by atoms with van der Waals surface area (Å²) in [4.78, 5) is 34.2. The molecule has 1 atom stereocenters. The van der Waals surface area contributed by atoms with Gasteiger partial charge in [-0.2, -0.15) is 0 Å². The van der Waals surface area contributed by atoms with Gasteiger partial charge in [-0.1, -0.05) is 19.3 Å². The van der Waals surface area contributed by atoms with E-state index in [1.54, 1.807) is 17.5 Å². The third-order valence-corrected chi connectivity index (χ3v) is 6.89. The van der Waals surface area contributed by atoms with Gasteiger partial charge in [0.15, 0.2) is 0 Å². The highest BCUT2D eigenvalue weighted by Gasteiger charge is 2.38. The molecule has 0 bridgehead atoms. The van der Waals surface area contributed by atoms with Crippen molar-refractivity contribution in [3.63, 3.8) is 0 Å². The van der Waals surface area contributed by atoms with Crippen molar-refractivity contribution in [2.24, 2.45) is 5.92 Å². The van der Waals surface area contributed by atoms with Crippen LogP contribution in [0.3, 0.4) is 0 Å². The molecule has 1 saturated heterocycles. The van der Waals surface area contributed by atoms with E-state index >= 15 is 0 Å². The Bertz CT molecular complexity index is 640. The van der Waals surface area contributed by atoms with E-state index in [1.807, 2.05) is 10.3 Å². The number of aromatic nitrogens is 1. The molecular formula is C20H30N4O2S. The average Bonchev–Trinajstić information content (AvgIpc) is 3.38. The molecule has 0 unspecified atom stereocenters. The molecule has 4 rings (SSSR count). The van der Waals surface area contributed by atoms with Crippen molar-refractivity contribution in [3.8, 4) is 0 Å². The molecule has 7 heteroatoms. The minimum Gasteiger partial charge on any atom is -0.353 e. The lowest BCUT2D eigenvalue weighted by atomic mass is 9.88. The van der Waals surface area contributed by atoms with Gasteiger partial charge in [-0.15, -0.1) is 11.3 Å². The first kappa shape index (κ1) is 18.9. The second kappa shape index (κ2) is 8.69. The Morgan fingerprint density at radius 3 is 2.78 bits per heavy atom. The lowest BCUT2D eigenvalue weighted by Gasteiger charge is -2.38. The summed E-state index contributed by atoms with van der Waals surface area (Å²) in [5.41, 5.74) is 0. The Morgan fingerprint density at radius 2 is 2.07 bits per heavy atom. The maximum absolute atomic E-state index is 13.1. The Hall–Kier alpha value is -1.47. The van der Waals surface area contributed by atoms with Crippen molar-refractivity contribution in [3.05, 3.63) is 16.6 Å². The van der Waals surface area contributed by atoms with Crippen molar-refractivity contribution >= 4 is 23.2 Å². The first-order chi connectivity index (χ1) is 13.2. The minimum atomic E-state index is -0.314. The van der Waals surface area contributed by atoms with Gasteiger partial charge in [-0.05, 0) is 31.6 Å². The van der Waals surface area contributed by atoms with Crippen molar-refractivity contribution in [1.82, 2.24) is 20.1 Å². The van der Waals surface area contributed by atoms with E-state index < -0.39 is 0 Å². The fourth-order valence-electron chi connectivity index (χ4n) is 4.47. The monoisotopic (exact) mass is 390 g/mol. The summed E-state index contributed by atoms with van der Waals surface area (Å²) in [7, 11) is 0. The second-order valence-corrected chi connectivity index (χ2v) is 9.17. The third-order valence-electron chi connectivity index (χ3n) is 6.12. The molecule has 0 radical (unpaired) electrons. The highest BCUT2D eigenvalue weighted by molar-refractivity contribution is 7.09. The molecule has 6 nitrogen and oxygen atoms in total. The van der Waals surface area contributed by atoms with Gasteiger partial charge in [-0.3, -0.25) is 14.5 Å². The van der Waals surface area contributed by atoms with E-state index in [0.717, 1.165) is 30.9 Å². The zero-order chi connectivity index (χ0) is 18.6. The third kappa shape index (κ3) is 4.88. The summed E-state index contributed by atoms with van der Waals surface area (Å²) in [5.74, 6) is 0.802. The molecule has 148 valence electrons. The van der Waals surface area contributed by atoms with Crippen LogP contribution in [0.2, 0.25) is 0 Å². The lowest BCUT2D eigenvalue weighted by Crippen LogP contribution is -2.57. The van der Waals surface area contributed by atoms with Crippen LogP contribution >= 0.6 is 11.3 Å². The standard InChI is InChI=1S/C20H30N4O2S/c25-19(24(16-6-7-16)14-18-21-9-11-27-18)12-17-20(26)22-8-10-23(17)13-15-4-2-1-3-5-15/h9,11,15-17H,1-8,10,12-14H2,(H,22,26)/t17-/m0/s1. The molecule has 2 aliphatic carbocycles. The van der Waals surface area contributed by atoms with E-state index in [1.165, 1.54) is 32.1 Å². The molecule has 0 aromatic carbocycles. The molecule has 1 aromatic heterocycles. The quantitative estimate of drug-likeness (QED) is 0.776. The number of carbonyl (C=O) groups is 2. The minimum absolute atomic E-state index is 0.0235. The van der Waals surface area contributed by atoms with E-state index in [-0.39, 0.29) is 17.9 Å². The molecule has 3 fully saturated rings. The molecule has 2 heterocycles. The van der Waals surface area contributed by atoms with Crippen LogP contribution in [0.4, 0.5) is 0 Å². The molecular weight excluding hydrogens is 360 g/mol. The summed E-state index contributed by atoms with van der Waals surface area (Å²) < 4.78 is 0. The molecule has 27 heavy (non-hydrogen) atoms.